The highest BCUT2D eigenvalue weighted by Gasteiger charge is 2.28. The van der Waals surface area contributed by atoms with E-state index in [1.807, 2.05) is 31.2 Å². The molecule has 2 aromatic rings. The first-order valence-electron chi connectivity index (χ1n) is 10.6. The van der Waals surface area contributed by atoms with Gasteiger partial charge in [-0.15, -0.1) is 0 Å². The number of hydrogen-bond acceptors (Lipinski definition) is 8. The van der Waals surface area contributed by atoms with Crippen molar-refractivity contribution in [1.29, 1.82) is 0 Å². The van der Waals surface area contributed by atoms with Crippen molar-refractivity contribution >= 4 is 29.1 Å². The van der Waals surface area contributed by atoms with E-state index in [0.29, 0.717) is 24.9 Å². The first kappa shape index (κ1) is 23.4. The maximum absolute atomic E-state index is 12.2. The third kappa shape index (κ3) is 5.89. The monoisotopic (exact) mass is 439 g/mol. The number of allylic oxidation sites excluding steroid dienone is 1. The Morgan fingerprint density at radius 1 is 1.38 bits per heavy atom. The van der Waals surface area contributed by atoms with E-state index in [9.17, 15) is 14.7 Å². The fourth-order valence-corrected chi connectivity index (χ4v) is 3.59. The molecule has 1 aliphatic rings. The van der Waals surface area contributed by atoms with Gasteiger partial charge in [-0.2, -0.15) is 4.98 Å². The van der Waals surface area contributed by atoms with E-state index in [1.54, 1.807) is 11.1 Å². The molecule has 9 heteroatoms. The van der Waals surface area contributed by atoms with Crippen LogP contribution in [0.2, 0.25) is 0 Å². The Bertz CT molecular complexity index is 981. The Morgan fingerprint density at radius 3 is 2.91 bits per heavy atom. The van der Waals surface area contributed by atoms with E-state index in [0.717, 1.165) is 29.7 Å². The van der Waals surface area contributed by atoms with Crippen LogP contribution in [-0.4, -0.2) is 68.6 Å². The second-order valence-electron chi connectivity index (χ2n) is 7.82. The predicted molar refractivity (Wildman–Crippen MR) is 122 cm³/mol. The zero-order valence-electron chi connectivity index (χ0n) is 18.1. The van der Waals surface area contributed by atoms with E-state index >= 15 is 0 Å². The lowest BCUT2D eigenvalue weighted by Gasteiger charge is -2.34. The summed E-state index contributed by atoms with van der Waals surface area (Å²) in [5.41, 5.74) is 2.46. The number of benzene rings is 1. The fraction of sp³-hybridized carbons (Fsp3) is 0.391. The van der Waals surface area contributed by atoms with Crippen LogP contribution in [0.3, 0.4) is 0 Å². The second kappa shape index (κ2) is 10.8. The van der Waals surface area contributed by atoms with Gasteiger partial charge in [0.25, 0.3) is 5.91 Å². The summed E-state index contributed by atoms with van der Waals surface area (Å²) in [7, 11) is 0. The average molecular weight is 440 g/mol. The molecule has 2 atom stereocenters. The molecule has 32 heavy (non-hydrogen) atoms. The lowest BCUT2D eigenvalue weighted by atomic mass is 10.1. The van der Waals surface area contributed by atoms with E-state index in [4.69, 9.17) is 5.11 Å². The van der Waals surface area contributed by atoms with Crippen molar-refractivity contribution in [2.45, 2.75) is 38.3 Å². The first-order chi connectivity index (χ1) is 15.4. The van der Waals surface area contributed by atoms with E-state index in [-0.39, 0.29) is 18.2 Å². The second-order valence-corrected chi connectivity index (χ2v) is 7.82. The number of ketones is 1. The zero-order chi connectivity index (χ0) is 23.1. The highest BCUT2D eigenvalue weighted by Crippen LogP contribution is 2.24. The van der Waals surface area contributed by atoms with Gasteiger partial charge in [-0.3, -0.25) is 9.59 Å². The summed E-state index contributed by atoms with van der Waals surface area (Å²) in [6.45, 7) is 5.76. The predicted octanol–water partition coefficient (Wildman–Crippen LogP) is 1.58. The van der Waals surface area contributed by atoms with Crippen LogP contribution in [0.5, 0.6) is 0 Å². The molecule has 0 aliphatic carbocycles. The van der Waals surface area contributed by atoms with Crippen LogP contribution < -0.4 is 10.6 Å². The number of aliphatic hydroxyl groups excluding tert-OH is 2. The number of carbonyl (C=O) groups excluding carboxylic acids is 2. The summed E-state index contributed by atoms with van der Waals surface area (Å²) in [6.07, 6.45) is 3.46. The van der Waals surface area contributed by atoms with Gasteiger partial charge >= 0.3 is 0 Å². The van der Waals surface area contributed by atoms with Crippen molar-refractivity contribution in [3.8, 4) is 0 Å². The SMILES string of the molecule is C=CC(=O)Cc1ccccc1Nc1nc(N[C@H]2CCCN(C(=O)[C@@H](O)CO)C2)ncc1C. The van der Waals surface area contributed by atoms with Crippen LogP contribution in [0, 0.1) is 6.92 Å². The minimum Gasteiger partial charge on any atom is -0.393 e. The van der Waals surface area contributed by atoms with E-state index in [1.165, 1.54) is 6.08 Å². The standard InChI is InChI=1S/C23H29N5O4/c1-3-18(30)11-16-7-4-5-9-19(16)26-21-15(2)12-24-23(27-21)25-17-8-6-10-28(13-17)22(32)20(31)14-29/h3-5,7,9,12,17,20,29,31H,1,6,8,10-11,13-14H2,2H3,(H2,24,25,26,27)/t17-,20-/m0/s1. The molecule has 0 spiro atoms. The van der Waals surface area contributed by atoms with Crippen molar-refractivity contribution < 1.29 is 19.8 Å². The van der Waals surface area contributed by atoms with Gasteiger partial charge in [-0.05, 0) is 37.5 Å². The number of para-hydroxylation sites is 1. The van der Waals surface area contributed by atoms with Gasteiger partial charge < -0.3 is 25.7 Å². The maximum Gasteiger partial charge on any atom is 0.253 e. The van der Waals surface area contributed by atoms with Gasteiger partial charge in [0.1, 0.15) is 5.82 Å². The highest BCUT2D eigenvalue weighted by molar-refractivity contribution is 5.92. The number of nitrogens with one attached hydrogen (secondary N) is 2. The summed E-state index contributed by atoms with van der Waals surface area (Å²) in [5, 5.41) is 25.2. The van der Waals surface area contributed by atoms with Crippen molar-refractivity contribution in [2.24, 2.45) is 0 Å². The van der Waals surface area contributed by atoms with Crippen molar-refractivity contribution in [3.63, 3.8) is 0 Å². The molecular weight excluding hydrogens is 410 g/mol. The van der Waals surface area contributed by atoms with Gasteiger partial charge in [-0.25, -0.2) is 4.98 Å². The number of aryl methyl sites for hydroxylation is 1. The smallest absolute Gasteiger partial charge is 0.253 e. The van der Waals surface area contributed by atoms with Crippen LogP contribution in [0.1, 0.15) is 24.0 Å². The topological polar surface area (TPSA) is 128 Å². The molecule has 170 valence electrons. The lowest BCUT2D eigenvalue weighted by Crippen LogP contribution is -2.49. The number of piperidine rings is 1. The number of carbonyl (C=O) groups is 2. The number of nitrogens with zero attached hydrogens (tertiary/aromatic N) is 3. The number of hydrogen-bond donors (Lipinski definition) is 4. The summed E-state index contributed by atoms with van der Waals surface area (Å²) in [5.74, 6) is 0.487. The van der Waals surface area contributed by atoms with Gasteiger partial charge in [0.05, 0.1) is 6.61 Å². The minimum atomic E-state index is -1.40. The summed E-state index contributed by atoms with van der Waals surface area (Å²) in [6, 6.07) is 7.45. The molecule has 9 nitrogen and oxygen atoms in total. The molecule has 1 aromatic carbocycles. The number of aliphatic hydroxyl groups is 2. The molecule has 1 aliphatic heterocycles. The normalized spacial score (nSPS) is 16.8. The minimum absolute atomic E-state index is 0.0660. The summed E-state index contributed by atoms with van der Waals surface area (Å²) >= 11 is 0. The van der Waals surface area contributed by atoms with Gasteiger partial charge in [0, 0.05) is 43.0 Å². The van der Waals surface area contributed by atoms with E-state index < -0.39 is 18.6 Å². The molecule has 1 saturated heterocycles. The molecule has 0 bridgehead atoms. The van der Waals surface area contributed by atoms with Crippen molar-refractivity contribution in [2.75, 3.05) is 30.3 Å². The Hall–Kier alpha value is -3.30. The lowest BCUT2D eigenvalue weighted by molar-refractivity contribution is -0.143. The quantitative estimate of drug-likeness (QED) is 0.434. The molecule has 1 aromatic heterocycles. The third-order valence-electron chi connectivity index (χ3n) is 5.36. The zero-order valence-corrected chi connectivity index (χ0v) is 18.1. The molecule has 0 radical (unpaired) electrons. The van der Waals surface area contributed by atoms with Crippen LogP contribution in [0.15, 0.2) is 43.1 Å². The number of amides is 1. The van der Waals surface area contributed by atoms with Gasteiger partial charge in [0.15, 0.2) is 11.9 Å². The average Bonchev–Trinajstić information content (AvgIpc) is 2.81. The maximum atomic E-state index is 12.2. The fourth-order valence-electron chi connectivity index (χ4n) is 3.59. The Balaban J connectivity index is 1.72. The van der Waals surface area contributed by atoms with Crippen molar-refractivity contribution in [3.05, 3.63) is 54.2 Å². The molecule has 2 heterocycles. The summed E-state index contributed by atoms with van der Waals surface area (Å²) < 4.78 is 0. The third-order valence-corrected chi connectivity index (χ3v) is 5.36. The molecular formula is C23H29N5O4. The van der Waals surface area contributed by atoms with Crippen LogP contribution >= 0.6 is 0 Å². The van der Waals surface area contributed by atoms with Gasteiger partial charge in [0.2, 0.25) is 5.95 Å². The van der Waals surface area contributed by atoms with E-state index in [2.05, 4.69) is 27.2 Å². The van der Waals surface area contributed by atoms with Crippen LogP contribution in [0.4, 0.5) is 17.5 Å². The highest BCUT2D eigenvalue weighted by atomic mass is 16.3. The Morgan fingerprint density at radius 2 is 2.16 bits per heavy atom. The molecule has 3 rings (SSSR count). The molecule has 4 N–H and O–H groups in total. The number of anilines is 3. The number of likely N-dealkylation sites (tertiary alicyclic amines) is 1. The Kier molecular flexibility index (Phi) is 7.91. The summed E-state index contributed by atoms with van der Waals surface area (Å²) in [4.78, 5) is 34.5. The van der Waals surface area contributed by atoms with Crippen LogP contribution in [0.25, 0.3) is 0 Å². The van der Waals surface area contributed by atoms with Crippen LogP contribution in [-0.2, 0) is 16.0 Å². The molecule has 1 fully saturated rings. The number of rotatable bonds is 9. The molecule has 0 unspecified atom stereocenters. The van der Waals surface area contributed by atoms with Crippen molar-refractivity contribution in [1.82, 2.24) is 14.9 Å². The first-order valence-corrected chi connectivity index (χ1v) is 10.6. The van der Waals surface area contributed by atoms with Gasteiger partial charge in [-0.1, -0.05) is 24.8 Å². The molecule has 1 amide bonds. The number of aromatic nitrogens is 2. The largest absolute Gasteiger partial charge is 0.393 e. The Labute approximate surface area is 187 Å². The molecule has 0 saturated carbocycles.